The van der Waals surface area contributed by atoms with Crippen molar-refractivity contribution < 1.29 is 4.42 Å². The predicted octanol–water partition coefficient (Wildman–Crippen LogP) is 5.36. The molecule has 1 saturated carbocycles. The number of benzene rings is 2. The third-order valence-electron chi connectivity index (χ3n) is 4.98. The van der Waals surface area contributed by atoms with Gasteiger partial charge in [0.15, 0.2) is 5.16 Å². The van der Waals surface area contributed by atoms with Crippen LogP contribution < -0.4 is 0 Å². The van der Waals surface area contributed by atoms with Gasteiger partial charge >= 0.3 is 0 Å². The molecule has 1 atom stereocenters. The van der Waals surface area contributed by atoms with E-state index in [0.29, 0.717) is 17.7 Å². The average molecular weight is 404 g/mol. The summed E-state index contributed by atoms with van der Waals surface area (Å²) in [6.07, 6.45) is 2.35. The number of aromatic nitrogens is 5. The van der Waals surface area contributed by atoms with Crippen LogP contribution in [0.1, 0.15) is 48.2 Å². The summed E-state index contributed by atoms with van der Waals surface area (Å²) in [6.45, 7) is 4.11. The Hall–Kier alpha value is -2.93. The monoisotopic (exact) mass is 403 g/mol. The summed E-state index contributed by atoms with van der Waals surface area (Å²) in [6, 6.07) is 18.4. The molecule has 0 radical (unpaired) electrons. The van der Waals surface area contributed by atoms with Gasteiger partial charge in [0.05, 0.1) is 5.25 Å². The Morgan fingerprint density at radius 3 is 2.45 bits per heavy atom. The van der Waals surface area contributed by atoms with E-state index >= 15 is 0 Å². The first-order valence-corrected chi connectivity index (χ1v) is 10.6. The lowest BCUT2D eigenvalue weighted by Gasteiger charge is -2.11. The molecule has 0 spiro atoms. The summed E-state index contributed by atoms with van der Waals surface area (Å²) < 4.78 is 8.12. The second-order valence-corrected chi connectivity index (χ2v) is 8.67. The topological polar surface area (TPSA) is 69.6 Å². The van der Waals surface area contributed by atoms with Gasteiger partial charge in [-0.2, -0.15) is 0 Å². The van der Waals surface area contributed by atoms with Gasteiger partial charge in [0.25, 0.3) is 0 Å². The molecular formula is C22H21N5OS. The third-order valence-corrected chi connectivity index (χ3v) is 6.01. The fourth-order valence-corrected chi connectivity index (χ4v) is 4.11. The van der Waals surface area contributed by atoms with E-state index in [9.17, 15) is 0 Å². The number of hydrogen-bond acceptors (Lipinski definition) is 6. The summed E-state index contributed by atoms with van der Waals surface area (Å²) in [4.78, 5) is 0. The highest BCUT2D eigenvalue weighted by molar-refractivity contribution is 7.99. The van der Waals surface area contributed by atoms with Crippen molar-refractivity contribution in [1.29, 1.82) is 0 Å². The Bertz CT molecular complexity index is 1120. The number of hydrogen-bond donors (Lipinski definition) is 0. The largest absolute Gasteiger partial charge is 0.419 e. The fraction of sp³-hybridized carbons (Fsp3) is 0.273. The second kappa shape index (κ2) is 7.48. The lowest BCUT2D eigenvalue weighted by Crippen LogP contribution is -2.02. The SMILES string of the molecule is Cc1ccc(-c2nnc([C@@H](C)Sc3nnc(C4CC4)n3-c3ccccc3)o2)cc1. The molecule has 1 aliphatic carbocycles. The van der Waals surface area contributed by atoms with Crippen molar-refractivity contribution in [2.45, 2.75) is 43.0 Å². The molecular weight excluding hydrogens is 382 g/mol. The molecule has 5 rings (SSSR count). The van der Waals surface area contributed by atoms with E-state index in [-0.39, 0.29) is 5.25 Å². The third kappa shape index (κ3) is 3.70. The number of rotatable bonds is 6. The summed E-state index contributed by atoms with van der Waals surface area (Å²) in [5.41, 5.74) is 3.21. The number of para-hydroxylation sites is 1. The predicted molar refractivity (Wildman–Crippen MR) is 112 cm³/mol. The van der Waals surface area contributed by atoms with Crippen molar-refractivity contribution in [3.63, 3.8) is 0 Å². The van der Waals surface area contributed by atoms with Gasteiger partial charge in [0, 0.05) is 17.2 Å². The Balaban J connectivity index is 1.42. The number of thioether (sulfide) groups is 1. The van der Waals surface area contributed by atoms with Gasteiger partial charge in [-0.25, -0.2) is 0 Å². The maximum Gasteiger partial charge on any atom is 0.247 e. The molecule has 6 nitrogen and oxygen atoms in total. The van der Waals surface area contributed by atoms with Gasteiger partial charge < -0.3 is 4.42 Å². The van der Waals surface area contributed by atoms with Gasteiger partial charge in [0.1, 0.15) is 5.82 Å². The van der Waals surface area contributed by atoms with E-state index in [1.807, 2.05) is 42.5 Å². The molecule has 0 unspecified atom stereocenters. The Morgan fingerprint density at radius 1 is 0.966 bits per heavy atom. The van der Waals surface area contributed by atoms with E-state index in [0.717, 1.165) is 22.2 Å². The highest BCUT2D eigenvalue weighted by Gasteiger charge is 2.31. The van der Waals surface area contributed by atoms with Crippen molar-refractivity contribution in [3.05, 3.63) is 71.9 Å². The molecule has 1 aliphatic rings. The van der Waals surface area contributed by atoms with Crippen molar-refractivity contribution in [2.75, 3.05) is 0 Å². The summed E-state index contributed by atoms with van der Waals surface area (Å²) in [7, 11) is 0. The molecule has 0 aliphatic heterocycles. The van der Waals surface area contributed by atoms with Crippen LogP contribution in [0, 0.1) is 6.92 Å². The minimum Gasteiger partial charge on any atom is -0.419 e. The van der Waals surface area contributed by atoms with E-state index < -0.39 is 0 Å². The Labute approximate surface area is 173 Å². The summed E-state index contributed by atoms with van der Waals surface area (Å²) in [5.74, 6) is 2.66. The molecule has 0 N–H and O–H groups in total. The van der Waals surface area contributed by atoms with E-state index in [2.05, 4.69) is 50.9 Å². The molecule has 146 valence electrons. The van der Waals surface area contributed by atoms with Crippen LogP contribution in [0.5, 0.6) is 0 Å². The quantitative estimate of drug-likeness (QED) is 0.404. The first-order chi connectivity index (χ1) is 14.2. The summed E-state index contributed by atoms with van der Waals surface area (Å²) in [5, 5.41) is 18.3. The van der Waals surface area contributed by atoms with Crippen molar-refractivity contribution >= 4 is 11.8 Å². The van der Waals surface area contributed by atoms with Crippen LogP contribution in [0.4, 0.5) is 0 Å². The number of aryl methyl sites for hydroxylation is 1. The van der Waals surface area contributed by atoms with Crippen molar-refractivity contribution in [2.24, 2.45) is 0 Å². The second-order valence-electron chi connectivity index (χ2n) is 7.36. The highest BCUT2D eigenvalue weighted by atomic mass is 32.2. The molecule has 2 aromatic heterocycles. The van der Waals surface area contributed by atoms with Gasteiger partial charge in [-0.1, -0.05) is 47.7 Å². The van der Waals surface area contributed by atoms with E-state index in [1.165, 1.54) is 18.4 Å². The van der Waals surface area contributed by atoms with Gasteiger partial charge in [-0.05, 0) is 51.0 Å². The van der Waals surface area contributed by atoms with Gasteiger partial charge in [-0.3, -0.25) is 4.57 Å². The van der Waals surface area contributed by atoms with Crippen LogP contribution in [0.2, 0.25) is 0 Å². The Morgan fingerprint density at radius 2 is 1.72 bits per heavy atom. The van der Waals surface area contributed by atoms with Gasteiger partial charge in [0.2, 0.25) is 11.8 Å². The first kappa shape index (κ1) is 18.1. The molecule has 4 aromatic rings. The van der Waals surface area contributed by atoms with Crippen molar-refractivity contribution in [3.8, 4) is 17.1 Å². The molecule has 2 heterocycles. The van der Waals surface area contributed by atoms with Gasteiger partial charge in [-0.15, -0.1) is 20.4 Å². The molecule has 0 bridgehead atoms. The lowest BCUT2D eigenvalue weighted by molar-refractivity contribution is 0.509. The lowest BCUT2D eigenvalue weighted by atomic mass is 10.1. The zero-order valence-corrected chi connectivity index (χ0v) is 17.1. The molecule has 29 heavy (non-hydrogen) atoms. The normalized spacial score (nSPS) is 14.8. The van der Waals surface area contributed by atoms with Crippen LogP contribution in [0.15, 0.2) is 64.2 Å². The molecule has 2 aromatic carbocycles. The maximum atomic E-state index is 5.96. The van der Waals surface area contributed by atoms with Crippen LogP contribution in [0.25, 0.3) is 17.1 Å². The molecule has 0 amide bonds. The highest BCUT2D eigenvalue weighted by Crippen LogP contribution is 2.43. The smallest absolute Gasteiger partial charge is 0.247 e. The van der Waals surface area contributed by atoms with Crippen LogP contribution in [-0.4, -0.2) is 25.0 Å². The fourth-order valence-electron chi connectivity index (χ4n) is 3.20. The zero-order valence-electron chi connectivity index (χ0n) is 16.3. The summed E-state index contributed by atoms with van der Waals surface area (Å²) >= 11 is 1.59. The maximum absolute atomic E-state index is 5.96. The molecule has 1 fully saturated rings. The standard InChI is InChI=1S/C22H21N5OS/c1-14-8-10-17(11-9-14)21-25-24-20(28-21)15(2)29-22-26-23-19(16-12-13-16)27(22)18-6-4-3-5-7-18/h3-11,15-16H,12-13H2,1-2H3/t15-/m1/s1. The van der Waals surface area contributed by atoms with Crippen LogP contribution >= 0.6 is 11.8 Å². The molecule has 7 heteroatoms. The zero-order chi connectivity index (χ0) is 19.8. The molecule has 0 saturated heterocycles. The van der Waals surface area contributed by atoms with Crippen molar-refractivity contribution in [1.82, 2.24) is 25.0 Å². The average Bonchev–Trinajstić information content (AvgIpc) is 3.31. The minimum atomic E-state index is -0.0413. The van der Waals surface area contributed by atoms with Crippen LogP contribution in [0.3, 0.4) is 0 Å². The Kier molecular flexibility index (Phi) is 4.67. The van der Waals surface area contributed by atoms with Crippen LogP contribution in [-0.2, 0) is 0 Å². The first-order valence-electron chi connectivity index (χ1n) is 9.77. The van der Waals surface area contributed by atoms with E-state index in [1.54, 1.807) is 11.8 Å². The van der Waals surface area contributed by atoms with E-state index in [4.69, 9.17) is 4.42 Å². The minimum absolute atomic E-state index is 0.0413. The number of nitrogens with zero attached hydrogens (tertiary/aromatic N) is 5.